The van der Waals surface area contributed by atoms with Crippen LogP contribution in [0.2, 0.25) is 0 Å². The van der Waals surface area contributed by atoms with Gasteiger partial charge in [-0.25, -0.2) is 0 Å². The first-order valence-corrected chi connectivity index (χ1v) is 8.28. The third kappa shape index (κ3) is 2.18. The number of aryl methyl sites for hydroxylation is 1. The van der Waals surface area contributed by atoms with Gasteiger partial charge in [0.25, 0.3) is 0 Å². The number of nitrogens with one attached hydrogen (secondary N) is 1. The molecule has 3 rings (SSSR count). The van der Waals surface area contributed by atoms with E-state index in [1.54, 1.807) is 15.3 Å². The summed E-state index contributed by atoms with van der Waals surface area (Å²) >= 11 is 4.16. The molecule has 1 atom stereocenters. The minimum atomic E-state index is 0.658. The number of fused-ring (bicyclic) bond motifs is 1. The molecule has 2 aliphatic rings. The summed E-state index contributed by atoms with van der Waals surface area (Å²) in [5, 5.41) is 3.67. The maximum Gasteiger partial charge on any atom is 0.0443 e. The first kappa shape index (κ1) is 11.1. The summed E-state index contributed by atoms with van der Waals surface area (Å²) in [5.74, 6) is 3.49. The lowest BCUT2D eigenvalue weighted by Gasteiger charge is -2.15. The summed E-state index contributed by atoms with van der Waals surface area (Å²) in [4.78, 5) is 3.27. The minimum absolute atomic E-state index is 0.658. The molecule has 3 heteroatoms. The van der Waals surface area contributed by atoms with Crippen molar-refractivity contribution in [2.75, 3.05) is 12.3 Å². The fourth-order valence-corrected chi connectivity index (χ4v) is 5.02. The van der Waals surface area contributed by atoms with Gasteiger partial charge in [0.15, 0.2) is 0 Å². The van der Waals surface area contributed by atoms with E-state index in [-0.39, 0.29) is 0 Å². The van der Waals surface area contributed by atoms with Crippen LogP contribution in [0.5, 0.6) is 0 Å². The van der Waals surface area contributed by atoms with E-state index in [4.69, 9.17) is 0 Å². The number of thioether (sulfide) groups is 1. The maximum atomic E-state index is 3.67. The van der Waals surface area contributed by atoms with Crippen molar-refractivity contribution >= 4 is 23.1 Å². The highest BCUT2D eigenvalue weighted by Crippen LogP contribution is 2.44. The molecule has 0 aromatic carbocycles. The summed E-state index contributed by atoms with van der Waals surface area (Å²) in [6.45, 7) is 3.32. The van der Waals surface area contributed by atoms with E-state index >= 15 is 0 Å². The summed E-state index contributed by atoms with van der Waals surface area (Å²) < 4.78 is 0. The van der Waals surface area contributed by atoms with Crippen LogP contribution in [0.25, 0.3) is 0 Å². The van der Waals surface area contributed by atoms with Crippen LogP contribution in [0, 0.1) is 5.92 Å². The fraction of sp³-hybridized carbons (Fsp3) is 0.692. The van der Waals surface area contributed by atoms with Crippen LogP contribution in [-0.4, -0.2) is 12.3 Å². The average Bonchev–Trinajstić information content (AvgIpc) is 3.04. The van der Waals surface area contributed by atoms with E-state index in [0.717, 1.165) is 12.5 Å². The van der Waals surface area contributed by atoms with Crippen LogP contribution in [0.15, 0.2) is 6.07 Å². The van der Waals surface area contributed by atoms with Gasteiger partial charge in [0.2, 0.25) is 0 Å². The molecular weight excluding hydrogens is 234 g/mol. The summed E-state index contributed by atoms with van der Waals surface area (Å²) in [6.07, 6.45) is 4.15. The van der Waals surface area contributed by atoms with E-state index in [1.807, 2.05) is 0 Å². The van der Waals surface area contributed by atoms with Crippen LogP contribution < -0.4 is 5.32 Å². The number of thiophene rings is 1. The molecule has 1 nitrogen and oxygen atoms in total. The number of rotatable bonds is 4. The molecule has 0 radical (unpaired) electrons. The van der Waals surface area contributed by atoms with E-state index in [2.05, 4.69) is 41.4 Å². The van der Waals surface area contributed by atoms with Crippen molar-refractivity contribution in [3.8, 4) is 0 Å². The molecule has 2 heterocycles. The van der Waals surface area contributed by atoms with E-state index in [1.165, 1.54) is 30.8 Å². The van der Waals surface area contributed by atoms with E-state index < -0.39 is 0 Å². The van der Waals surface area contributed by atoms with Crippen LogP contribution in [0.3, 0.4) is 0 Å². The van der Waals surface area contributed by atoms with Crippen LogP contribution in [0.4, 0.5) is 0 Å². The average molecular weight is 253 g/mol. The minimum Gasteiger partial charge on any atom is -0.309 e. The third-order valence-electron chi connectivity index (χ3n) is 3.47. The lowest BCUT2D eigenvalue weighted by Crippen LogP contribution is -2.21. The van der Waals surface area contributed by atoms with Gasteiger partial charge >= 0.3 is 0 Å². The van der Waals surface area contributed by atoms with Crippen LogP contribution in [-0.2, 0) is 12.2 Å². The molecular formula is C13H19NS2. The van der Waals surface area contributed by atoms with Gasteiger partial charge in [0, 0.05) is 21.5 Å². The molecule has 1 aliphatic carbocycles. The Kier molecular flexibility index (Phi) is 3.27. The predicted octanol–water partition coefficient (Wildman–Crippen LogP) is 3.60. The van der Waals surface area contributed by atoms with Crippen molar-refractivity contribution in [2.45, 2.75) is 38.0 Å². The van der Waals surface area contributed by atoms with Gasteiger partial charge in [0.1, 0.15) is 0 Å². The van der Waals surface area contributed by atoms with Gasteiger partial charge in [-0.3, -0.25) is 0 Å². The highest BCUT2D eigenvalue weighted by Gasteiger charge is 2.33. The topological polar surface area (TPSA) is 12.0 Å². The van der Waals surface area contributed by atoms with Crippen molar-refractivity contribution in [3.05, 3.63) is 21.4 Å². The van der Waals surface area contributed by atoms with Gasteiger partial charge < -0.3 is 5.32 Å². The summed E-state index contributed by atoms with van der Waals surface area (Å²) in [7, 11) is 0. The van der Waals surface area contributed by atoms with E-state index in [0.29, 0.717) is 6.04 Å². The van der Waals surface area contributed by atoms with Gasteiger partial charge in [-0.2, -0.15) is 11.8 Å². The lowest BCUT2D eigenvalue weighted by atomic mass is 10.1. The van der Waals surface area contributed by atoms with Crippen molar-refractivity contribution in [1.82, 2.24) is 5.32 Å². The standard InChI is InChI=1S/C13H19NS2/c1-2-14-13(9-3-4-9)12-7-10-8-15-6-5-11(10)16-12/h7,9,13-14H,2-6,8H2,1H3. The highest BCUT2D eigenvalue weighted by molar-refractivity contribution is 7.98. The molecule has 0 amide bonds. The SMILES string of the molecule is CCNC(c1cc2c(s1)CCSC2)C1CC1. The molecule has 1 aliphatic heterocycles. The second kappa shape index (κ2) is 4.71. The molecule has 1 saturated carbocycles. The Bertz CT molecular complexity index is 345. The first-order chi connectivity index (χ1) is 7.88. The Morgan fingerprint density at radius 3 is 3.06 bits per heavy atom. The molecule has 1 aromatic rings. The lowest BCUT2D eigenvalue weighted by molar-refractivity contribution is 0.503. The van der Waals surface area contributed by atoms with Crippen molar-refractivity contribution < 1.29 is 0 Å². The van der Waals surface area contributed by atoms with Crippen LogP contribution >= 0.6 is 23.1 Å². The van der Waals surface area contributed by atoms with Gasteiger partial charge in [-0.15, -0.1) is 11.3 Å². The molecule has 0 spiro atoms. The fourth-order valence-electron chi connectivity index (χ4n) is 2.47. The Hall–Kier alpha value is 0.01000. The normalized spacial score (nSPS) is 21.8. The molecule has 16 heavy (non-hydrogen) atoms. The van der Waals surface area contributed by atoms with Crippen molar-refractivity contribution in [3.63, 3.8) is 0 Å². The summed E-state index contributed by atoms with van der Waals surface area (Å²) in [6, 6.07) is 3.14. The van der Waals surface area contributed by atoms with Crippen molar-refractivity contribution in [2.24, 2.45) is 5.92 Å². The highest BCUT2D eigenvalue weighted by atomic mass is 32.2. The zero-order chi connectivity index (χ0) is 11.0. The van der Waals surface area contributed by atoms with Crippen LogP contribution in [0.1, 0.15) is 41.1 Å². The monoisotopic (exact) mass is 253 g/mol. The first-order valence-electron chi connectivity index (χ1n) is 6.31. The molecule has 1 N–H and O–H groups in total. The molecule has 0 saturated heterocycles. The second-order valence-electron chi connectivity index (χ2n) is 4.77. The maximum absolute atomic E-state index is 3.67. The Morgan fingerprint density at radius 1 is 1.50 bits per heavy atom. The number of hydrogen-bond acceptors (Lipinski definition) is 3. The Balaban J connectivity index is 1.83. The predicted molar refractivity (Wildman–Crippen MR) is 73.3 cm³/mol. The number of hydrogen-bond donors (Lipinski definition) is 1. The Labute approximate surface area is 106 Å². The second-order valence-corrected chi connectivity index (χ2v) is 7.05. The zero-order valence-electron chi connectivity index (χ0n) is 9.79. The zero-order valence-corrected chi connectivity index (χ0v) is 11.4. The quantitative estimate of drug-likeness (QED) is 0.880. The van der Waals surface area contributed by atoms with E-state index in [9.17, 15) is 0 Å². The van der Waals surface area contributed by atoms with Crippen molar-refractivity contribution in [1.29, 1.82) is 0 Å². The smallest absolute Gasteiger partial charge is 0.0443 e. The van der Waals surface area contributed by atoms with Gasteiger partial charge in [-0.05, 0) is 49.1 Å². The molecule has 1 unspecified atom stereocenters. The summed E-state index contributed by atoms with van der Waals surface area (Å²) in [5.41, 5.74) is 1.62. The largest absolute Gasteiger partial charge is 0.309 e. The van der Waals surface area contributed by atoms with Gasteiger partial charge in [0.05, 0.1) is 0 Å². The molecule has 1 fully saturated rings. The molecule has 88 valence electrons. The third-order valence-corrected chi connectivity index (χ3v) is 5.80. The van der Waals surface area contributed by atoms with Gasteiger partial charge in [-0.1, -0.05) is 6.92 Å². The molecule has 1 aromatic heterocycles. The molecule has 0 bridgehead atoms. The Morgan fingerprint density at radius 2 is 2.38 bits per heavy atom.